The summed E-state index contributed by atoms with van der Waals surface area (Å²) in [6, 6.07) is 7.88. The molecular weight excluding hydrogens is 294 g/mol. The van der Waals surface area contributed by atoms with E-state index in [0.717, 1.165) is 5.56 Å². The molecule has 0 N–H and O–H groups in total. The first-order chi connectivity index (χ1) is 10.0. The summed E-state index contributed by atoms with van der Waals surface area (Å²) in [5.74, 6) is -0.465. The minimum absolute atomic E-state index is 0.0288. The van der Waals surface area contributed by atoms with Crippen molar-refractivity contribution in [2.75, 3.05) is 7.05 Å². The fourth-order valence-electron chi connectivity index (χ4n) is 1.92. The zero-order valence-electron chi connectivity index (χ0n) is 11.2. The number of rotatable bonds is 4. The number of pyridine rings is 1. The monoisotopic (exact) mass is 305 g/mol. The van der Waals surface area contributed by atoms with Crippen LogP contribution in [0.1, 0.15) is 15.9 Å². The van der Waals surface area contributed by atoms with Crippen molar-refractivity contribution in [3.63, 3.8) is 0 Å². The molecule has 1 aromatic heterocycles. The van der Waals surface area contributed by atoms with Crippen LogP contribution < -0.4 is 0 Å². The highest BCUT2D eigenvalue weighted by Crippen LogP contribution is 2.29. The smallest absolute Gasteiger partial charge is 0.300 e. The van der Waals surface area contributed by atoms with E-state index in [0.29, 0.717) is 6.54 Å². The van der Waals surface area contributed by atoms with E-state index in [9.17, 15) is 14.9 Å². The van der Waals surface area contributed by atoms with Gasteiger partial charge in [-0.2, -0.15) is 0 Å². The molecule has 2 rings (SSSR count). The maximum atomic E-state index is 12.4. The number of para-hydroxylation sites is 1. The van der Waals surface area contributed by atoms with Crippen LogP contribution in [0.4, 0.5) is 5.69 Å². The van der Waals surface area contributed by atoms with Crippen LogP contribution in [-0.4, -0.2) is 27.8 Å². The third kappa shape index (κ3) is 3.35. The highest BCUT2D eigenvalue weighted by atomic mass is 35.5. The maximum Gasteiger partial charge on any atom is 0.300 e. The molecule has 0 saturated heterocycles. The van der Waals surface area contributed by atoms with E-state index in [-0.39, 0.29) is 16.3 Å². The molecule has 0 spiro atoms. The Morgan fingerprint density at radius 1 is 1.38 bits per heavy atom. The van der Waals surface area contributed by atoms with Crippen LogP contribution in [0.5, 0.6) is 0 Å². The normalized spacial score (nSPS) is 10.2. The standard InChI is InChI=1S/C14H12ClN3O3/c1-17(9-10-4-3-7-16-8-10)14(19)11-5-2-6-12(15)13(11)18(20)21/h2-8H,9H2,1H3. The minimum Gasteiger partial charge on any atom is -0.337 e. The lowest BCUT2D eigenvalue weighted by Crippen LogP contribution is -2.27. The first-order valence-electron chi connectivity index (χ1n) is 6.08. The minimum atomic E-state index is -0.645. The number of carbonyl (C=O) groups excluding carboxylic acids is 1. The van der Waals surface area contributed by atoms with Crippen molar-refractivity contribution in [3.8, 4) is 0 Å². The van der Waals surface area contributed by atoms with Crippen LogP contribution in [0.3, 0.4) is 0 Å². The number of nitrogens with zero attached hydrogens (tertiary/aromatic N) is 3. The molecule has 0 atom stereocenters. The van der Waals surface area contributed by atoms with Gasteiger partial charge in [-0.1, -0.05) is 23.7 Å². The second-order valence-corrected chi connectivity index (χ2v) is 4.82. The number of carbonyl (C=O) groups is 1. The molecule has 21 heavy (non-hydrogen) atoms. The summed E-state index contributed by atoms with van der Waals surface area (Å²) in [5, 5.41) is 11.0. The van der Waals surface area contributed by atoms with Crippen LogP contribution in [0, 0.1) is 10.1 Å². The van der Waals surface area contributed by atoms with Gasteiger partial charge in [0.15, 0.2) is 0 Å². The molecule has 0 saturated carbocycles. The summed E-state index contributed by atoms with van der Waals surface area (Å²) >= 11 is 5.81. The third-order valence-corrected chi connectivity index (χ3v) is 3.19. The van der Waals surface area contributed by atoms with Gasteiger partial charge in [0.05, 0.1) is 4.92 Å². The van der Waals surface area contributed by atoms with Crippen LogP contribution in [-0.2, 0) is 6.54 Å². The van der Waals surface area contributed by atoms with Crippen LogP contribution in [0.15, 0.2) is 42.7 Å². The molecule has 0 aliphatic rings. The molecule has 1 aromatic carbocycles. The average molecular weight is 306 g/mol. The Morgan fingerprint density at radius 2 is 2.14 bits per heavy atom. The van der Waals surface area contributed by atoms with Crippen molar-refractivity contribution >= 4 is 23.2 Å². The van der Waals surface area contributed by atoms with Gasteiger partial charge in [0.25, 0.3) is 5.91 Å². The zero-order chi connectivity index (χ0) is 15.4. The molecule has 0 aliphatic heterocycles. The molecular formula is C14H12ClN3O3. The molecule has 0 unspecified atom stereocenters. The van der Waals surface area contributed by atoms with Crippen molar-refractivity contribution in [2.45, 2.75) is 6.54 Å². The fourth-order valence-corrected chi connectivity index (χ4v) is 2.16. The first kappa shape index (κ1) is 14.9. The molecule has 7 heteroatoms. The lowest BCUT2D eigenvalue weighted by molar-refractivity contribution is -0.385. The van der Waals surface area contributed by atoms with Crippen molar-refractivity contribution in [1.29, 1.82) is 0 Å². The highest BCUT2D eigenvalue weighted by Gasteiger charge is 2.25. The number of amides is 1. The van der Waals surface area contributed by atoms with E-state index >= 15 is 0 Å². The number of nitro groups is 1. The molecule has 1 heterocycles. The van der Waals surface area contributed by atoms with Gasteiger partial charge in [-0.25, -0.2) is 0 Å². The number of hydrogen-bond acceptors (Lipinski definition) is 4. The van der Waals surface area contributed by atoms with Gasteiger partial charge in [-0.15, -0.1) is 0 Å². The lowest BCUT2D eigenvalue weighted by atomic mass is 10.1. The van der Waals surface area contributed by atoms with Crippen molar-refractivity contribution in [2.24, 2.45) is 0 Å². The summed E-state index contributed by atoms with van der Waals surface area (Å²) < 4.78 is 0. The second kappa shape index (κ2) is 6.32. The average Bonchev–Trinajstić information content (AvgIpc) is 2.46. The van der Waals surface area contributed by atoms with E-state index in [2.05, 4.69) is 4.98 Å². The number of nitro benzene ring substituents is 1. The van der Waals surface area contributed by atoms with Gasteiger partial charge in [0.2, 0.25) is 0 Å². The Bertz CT molecular complexity index is 676. The summed E-state index contributed by atoms with van der Waals surface area (Å²) in [6.45, 7) is 0.302. The molecule has 0 aliphatic carbocycles. The largest absolute Gasteiger partial charge is 0.337 e. The summed E-state index contributed by atoms with van der Waals surface area (Å²) in [7, 11) is 1.57. The van der Waals surface area contributed by atoms with Gasteiger partial charge in [-0.3, -0.25) is 19.9 Å². The molecule has 6 nitrogen and oxygen atoms in total. The molecule has 0 fully saturated rings. The summed E-state index contributed by atoms with van der Waals surface area (Å²) in [5.41, 5.74) is 0.430. The van der Waals surface area contributed by atoms with Gasteiger partial charge in [0.1, 0.15) is 10.6 Å². The van der Waals surface area contributed by atoms with E-state index < -0.39 is 10.8 Å². The van der Waals surface area contributed by atoms with Crippen LogP contribution in [0.25, 0.3) is 0 Å². The van der Waals surface area contributed by atoms with Gasteiger partial charge in [-0.05, 0) is 23.8 Å². The topological polar surface area (TPSA) is 76.3 Å². The van der Waals surface area contributed by atoms with Crippen LogP contribution >= 0.6 is 11.6 Å². The van der Waals surface area contributed by atoms with Crippen molar-refractivity contribution < 1.29 is 9.72 Å². The van der Waals surface area contributed by atoms with Gasteiger partial charge in [0, 0.05) is 26.0 Å². The number of aromatic nitrogens is 1. The van der Waals surface area contributed by atoms with Gasteiger partial charge < -0.3 is 4.90 Å². The highest BCUT2D eigenvalue weighted by molar-refractivity contribution is 6.33. The molecule has 2 aromatic rings. The quantitative estimate of drug-likeness (QED) is 0.643. The van der Waals surface area contributed by atoms with Gasteiger partial charge >= 0.3 is 5.69 Å². The van der Waals surface area contributed by atoms with Crippen molar-refractivity contribution in [1.82, 2.24) is 9.88 Å². The molecule has 1 amide bonds. The number of benzene rings is 1. The predicted octanol–water partition coefficient (Wildman–Crippen LogP) is 2.92. The maximum absolute atomic E-state index is 12.4. The zero-order valence-corrected chi connectivity index (χ0v) is 11.9. The van der Waals surface area contributed by atoms with E-state index in [1.165, 1.54) is 23.1 Å². The Labute approximate surface area is 126 Å². The Balaban J connectivity index is 2.28. The SMILES string of the molecule is CN(Cc1cccnc1)C(=O)c1cccc(Cl)c1[N+](=O)[O-]. The predicted molar refractivity (Wildman–Crippen MR) is 78.1 cm³/mol. The Morgan fingerprint density at radius 3 is 2.76 bits per heavy atom. The molecule has 0 bridgehead atoms. The second-order valence-electron chi connectivity index (χ2n) is 4.42. The van der Waals surface area contributed by atoms with E-state index in [1.54, 1.807) is 25.5 Å². The van der Waals surface area contributed by atoms with Crippen LogP contribution in [0.2, 0.25) is 5.02 Å². The molecule has 108 valence electrons. The van der Waals surface area contributed by atoms with E-state index in [4.69, 9.17) is 11.6 Å². The van der Waals surface area contributed by atoms with Crippen molar-refractivity contribution in [3.05, 3.63) is 69.0 Å². The third-order valence-electron chi connectivity index (χ3n) is 2.89. The summed E-state index contributed by atoms with van der Waals surface area (Å²) in [6.07, 6.45) is 3.27. The van der Waals surface area contributed by atoms with E-state index in [1.807, 2.05) is 6.07 Å². The number of halogens is 1. The first-order valence-corrected chi connectivity index (χ1v) is 6.45. The Kier molecular flexibility index (Phi) is 4.49. The summed E-state index contributed by atoms with van der Waals surface area (Å²) in [4.78, 5) is 28.1. The Hall–Kier alpha value is -2.47. The fraction of sp³-hybridized carbons (Fsp3) is 0.143. The number of hydrogen-bond donors (Lipinski definition) is 0. The lowest BCUT2D eigenvalue weighted by Gasteiger charge is -2.17. The molecule has 0 radical (unpaired) electrons.